The number of halogens is 1. The Hall–Kier alpha value is -1.48. The maximum atomic E-state index is 9.60. The van der Waals surface area contributed by atoms with Crippen LogP contribution in [0.4, 0.5) is 0 Å². The number of aromatic nitrogens is 1. The predicted molar refractivity (Wildman–Crippen MR) is 67.2 cm³/mol. The van der Waals surface area contributed by atoms with Crippen molar-refractivity contribution in [3.8, 4) is 0 Å². The van der Waals surface area contributed by atoms with Gasteiger partial charge in [-0.05, 0) is 30.7 Å². The Labute approximate surface area is 101 Å². The molecule has 2 aromatic rings. The summed E-state index contributed by atoms with van der Waals surface area (Å²) < 4.78 is 2.08. The van der Waals surface area contributed by atoms with Crippen molar-refractivity contribution in [3.05, 3.63) is 42.7 Å². The molecule has 0 saturated heterocycles. The molecule has 0 amide bonds. The molecule has 0 unspecified atom stereocenters. The van der Waals surface area contributed by atoms with Gasteiger partial charge in [0.1, 0.15) is 0 Å². The normalized spacial score (nSPS) is 8.81. The Morgan fingerprint density at radius 1 is 1.25 bits per heavy atom. The largest absolute Gasteiger partial charge is 0.481 e. The smallest absolute Gasteiger partial charge is 0.303 e. The molecule has 0 saturated carbocycles. The summed E-state index contributed by atoms with van der Waals surface area (Å²) in [7, 11) is 0. The van der Waals surface area contributed by atoms with Crippen molar-refractivity contribution in [2.24, 2.45) is 0 Å². The first-order chi connectivity index (χ1) is 7.24. The van der Waals surface area contributed by atoms with Gasteiger partial charge in [0.15, 0.2) is 0 Å². The zero-order valence-electron chi connectivity index (χ0n) is 9.17. The number of carbonyl (C=O) groups is 1. The topological polar surface area (TPSA) is 41.7 Å². The van der Waals surface area contributed by atoms with E-state index in [4.69, 9.17) is 5.11 Å². The van der Waals surface area contributed by atoms with Gasteiger partial charge in [0.05, 0.1) is 0 Å². The number of nitrogens with zero attached hydrogens (tertiary/aromatic N) is 1. The first-order valence-electron chi connectivity index (χ1n) is 4.97. The molecule has 0 fully saturated rings. The fourth-order valence-electron chi connectivity index (χ4n) is 1.19. The van der Waals surface area contributed by atoms with E-state index in [0.717, 1.165) is 6.42 Å². The van der Waals surface area contributed by atoms with E-state index in [1.165, 1.54) is 5.52 Å². The van der Waals surface area contributed by atoms with Gasteiger partial charge in [-0.25, -0.2) is 0 Å². The zero-order valence-corrected chi connectivity index (χ0v) is 9.98. The number of hydrogen-bond donors (Lipinski definition) is 1. The minimum absolute atomic E-state index is 0. The number of carboxylic acids is 1. The van der Waals surface area contributed by atoms with E-state index >= 15 is 0 Å². The number of aliphatic carboxylic acids is 1. The second kappa shape index (κ2) is 7.77. The summed E-state index contributed by atoms with van der Waals surface area (Å²) in [6, 6.07) is 10.3. The summed E-state index contributed by atoms with van der Waals surface area (Å²) >= 11 is 0. The maximum absolute atomic E-state index is 9.60. The molecule has 2 aromatic heterocycles. The SMILES string of the molecule is CCCC(=O)O.Cl.c1ccn2cccc2c1. The zero-order chi connectivity index (χ0) is 11.1. The molecular weight excluding hydrogens is 226 g/mol. The highest BCUT2D eigenvalue weighted by Gasteiger charge is 1.87. The average molecular weight is 242 g/mol. The standard InChI is InChI=1S/C8H7N.C4H8O2.ClH/c1-2-6-9-7-3-5-8(9)4-1;1-2-3-4(5)6;/h1-7H;2-3H2,1H3,(H,5,6);1H. The molecule has 2 rings (SSSR count). The Kier molecular flexibility index (Phi) is 7.05. The van der Waals surface area contributed by atoms with E-state index in [9.17, 15) is 4.79 Å². The van der Waals surface area contributed by atoms with Crippen molar-refractivity contribution < 1.29 is 9.90 Å². The summed E-state index contributed by atoms with van der Waals surface area (Å²) in [6.45, 7) is 1.84. The van der Waals surface area contributed by atoms with E-state index in [1.54, 1.807) is 0 Å². The summed E-state index contributed by atoms with van der Waals surface area (Å²) in [5.41, 5.74) is 1.25. The molecule has 88 valence electrons. The second-order valence-corrected chi connectivity index (χ2v) is 3.18. The molecule has 0 spiro atoms. The highest BCUT2D eigenvalue weighted by Crippen LogP contribution is 2.01. The molecule has 2 heterocycles. The number of hydrogen-bond acceptors (Lipinski definition) is 1. The van der Waals surface area contributed by atoms with E-state index in [2.05, 4.69) is 16.5 Å². The molecule has 0 aromatic carbocycles. The molecule has 3 nitrogen and oxygen atoms in total. The van der Waals surface area contributed by atoms with Gasteiger partial charge in [-0.1, -0.05) is 13.0 Å². The van der Waals surface area contributed by atoms with E-state index < -0.39 is 5.97 Å². The number of rotatable bonds is 2. The number of pyridine rings is 1. The minimum atomic E-state index is -0.711. The van der Waals surface area contributed by atoms with Crippen LogP contribution in [0.25, 0.3) is 5.52 Å². The molecule has 0 radical (unpaired) electrons. The molecule has 0 atom stereocenters. The molecule has 0 aliphatic heterocycles. The van der Waals surface area contributed by atoms with E-state index in [-0.39, 0.29) is 12.4 Å². The first kappa shape index (κ1) is 14.5. The lowest BCUT2D eigenvalue weighted by atomic mass is 10.4. The third-order valence-corrected chi connectivity index (χ3v) is 1.90. The fraction of sp³-hybridized carbons (Fsp3) is 0.250. The number of fused-ring (bicyclic) bond motifs is 1. The monoisotopic (exact) mass is 241 g/mol. The van der Waals surface area contributed by atoms with Crippen LogP contribution in [0.5, 0.6) is 0 Å². The second-order valence-electron chi connectivity index (χ2n) is 3.18. The van der Waals surface area contributed by atoms with Crippen LogP contribution in [-0.2, 0) is 4.79 Å². The van der Waals surface area contributed by atoms with Gasteiger partial charge in [0.25, 0.3) is 0 Å². The van der Waals surface area contributed by atoms with Crippen LogP contribution in [0.1, 0.15) is 19.8 Å². The highest BCUT2D eigenvalue weighted by atomic mass is 35.5. The van der Waals surface area contributed by atoms with Crippen LogP contribution in [-0.4, -0.2) is 15.5 Å². The van der Waals surface area contributed by atoms with Crippen molar-refractivity contribution in [2.75, 3.05) is 0 Å². The third-order valence-electron chi connectivity index (χ3n) is 1.90. The van der Waals surface area contributed by atoms with Crippen molar-refractivity contribution in [1.29, 1.82) is 0 Å². The highest BCUT2D eigenvalue weighted by molar-refractivity contribution is 5.85. The Morgan fingerprint density at radius 2 is 1.88 bits per heavy atom. The maximum Gasteiger partial charge on any atom is 0.303 e. The van der Waals surface area contributed by atoms with Crippen molar-refractivity contribution in [3.63, 3.8) is 0 Å². The Morgan fingerprint density at radius 3 is 2.38 bits per heavy atom. The minimum Gasteiger partial charge on any atom is -0.481 e. The summed E-state index contributed by atoms with van der Waals surface area (Å²) in [5, 5.41) is 7.91. The third kappa shape index (κ3) is 4.84. The predicted octanol–water partition coefficient (Wildman–Crippen LogP) is 3.23. The van der Waals surface area contributed by atoms with Gasteiger partial charge < -0.3 is 9.51 Å². The summed E-state index contributed by atoms with van der Waals surface area (Å²) in [4.78, 5) is 9.60. The van der Waals surface area contributed by atoms with Crippen LogP contribution in [0, 0.1) is 0 Å². The lowest BCUT2D eigenvalue weighted by Crippen LogP contribution is -1.90. The van der Waals surface area contributed by atoms with Crippen molar-refractivity contribution in [2.45, 2.75) is 19.8 Å². The van der Waals surface area contributed by atoms with Gasteiger partial charge >= 0.3 is 5.97 Å². The summed E-state index contributed by atoms with van der Waals surface area (Å²) in [6.07, 6.45) is 5.10. The van der Waals surface area contributed by atoms with Crippen molar-refractivity contribution in [1.82, 2.24) is 4.40 Å². The van der Waals surface area contributed by atoms with Gasteiger partial charge in [0, 0.05) is 24.3 Å². The fourth-order valence-corrected chi connectivity index (χ4v) is 1.19. The molecule has 1 N–H and O–H groups in total. The van der Waals surface area contributed by atoms with Gasteiger partial charge in [0.2, 0.25) is 0 Å². The molecular formula is C12H16ClNO2. The first-order valence-corrected chi connectivity index (χ1v) is 4.97. The van der Waals surface area contributed by atoms with Crippen LogP contribution < -0.4 is 0 Å². The lowest BCUT2D eigenvalue weighted by Gasteiger charge is -1.88. The number of carboxylic acid groups (broad SMARTS) is 1. The van der Waals surface area contributed by atoms with Crippen LogP contribution in [0.15, 0.2) is 42.7 Å². The van der Waals surface area contributed by atoms with Crippen molar-refractivity contribution >= 4 is 23.9 Å². The van der Waals surface area contributed by atoms with Gasteiger partial charge in [-0.15, -0.1) is 12.4 Å². The van der Waals surface area contributed by atoms with Crippen LogP contribution in [0.2, 0.25) is 0 Å². The van der Waals surface area contributed by atoms with E-state index in [0.29, 0.717) is 6.42 Å². The molecule has 4 heteroatoms. The van der Waals surface area contributed by atoms with Gasteiger partial charge in [-0.3, -0.25) is 4.79 Å². The lowest BCUT2D eigenvalue weighted by molar-refractivity contribution is -0.137. The quantitative estimate of drug-likeness (QED) is 0.877. The average Bonchev–Trinajstić information content (AvgIpc) is 2.65. The van der Waals surface area contributed by atoms with Crippen LogP contribution in [0.3, 0.4) is 0 Å². The molecule has 0 bridgehead atoms. The Balaban J connectivity index is 0.000000289. The van der Waals surface area contributed by atoms with Crippen LogP contribution >= 0.6 is 12.4 Å². The summed E-state index contributed by atoms with van der Waals surface area (Å²) in [5.74, 6) is -0.711. The van der Waals surface area contributed by atoms with E-state index in [1.807, 2.05) is 37.5 Å². The molecule has 0 aliphatic rings. The van der Waals surface area contributed by atoms with Gasteiger partial charge in [-0.2, -0.15) is 0 Å². The molecule has 16 heavy (non-hydrogen) atoms. The Bertz CT molecular complexity index is 395. The molecule has 0 aliphatic carbocycles.